The molecule has 2 aliphatic rings. The second-order valence-electron chi connectivity index (χ2n) is 7.69. The van der Waals surface area contributed by atoms with E-state index in [1.807, 2.05) is 0 Å². The summed E-state index contributed by atoms with van der Waals surface area (Å²) in [6, 6.07) is 29.8. The van der Waals surface area contributed by atoms with Crippen molar-refractivity contribution in [3.05, 3.63) is 113 Å². The van der Waals surface area contributed by atoms with Crippen LogP contribution in [0.25, 0.3) is 12.2 Å². The first-order chi connectivity index (χ1) is 13.3. The standard InChI is InChI=1S/2C9H7.C6H5.CH5Si.Zr/c2*1-2-5-9-7-3-6-8(9)4-1;1-2-4-6-5-3-1;1-2;/h2*1-7H;1-5H;2H2,1H3;. The van der Waals surface area contributed by atoms with Crippen molar-refractivity contribution in [3.8, 4) is 0 Å². The molecule has 0 aliphatic heterocycles. The van der Waals surface area contributed by atoms with E-state index in [9.17, 15) is 0 Å². The van der Waals surface area contributed by atoms with Gasteiger partial charge in [0.1, 0.15) is 0 Å². The zero-order valence-corrected chi connectivity index (χ0v) is 19.5. The van der Waals surface area contributed by atoms with Gasteiger partial charge in [0.25, 0.3) is 0 Å². The Morgan fingerprint density at radius 3 is 1.63 bits per heavy atom. The second kappa shape index (κ2) is 7.00. The van der Waals surface area contributed by atoms with Crippen LogP contribution in [0.1, 0.15) is 29.5 Å². The number of hydrogen-bond donors (Lipinski definition) is 0. The summed E-state index contributed by atoms with van der Waals surface area (Å²) >= 11 is -2.82. The molecule has 0 saturated heterocycles. The maximum atomic E-state index is 2.59. The normalized spacial score (nSPS) is 22.1. The van der Waals surface area contributed by atoms with E-state index in [4.69, 9.17) is 0 Å². The minimum absolute atomic E-state index is 0.207. The second-order valence-corrected chi connectivity index (χ2v) is 30.1. The number of fused-ring (bicyclic) bond motifs is 2. The van der Waals surface area contributed by atoms with Crippen molar-refractivity contribution < 1.29 is 19.4 Å². The summed E-state index contributed by atoms with van der Waals surface area (Å²) in [5, 5.41) is 0. The number of rotatable bonds is 4. The van der Waals surface area contributed by atoms with E-state index < -0.39 is 19.4 Å². The third-order valence-corrected chi connectivity index (χ3v) is 35.4. The van der Waals surface area contributed by atoms with Crippen molar-refractivity contribution in [1.82, 2.24) is 0 Å². The molecule has 2 heteroatoms. The topological polar surface area (TPSA) is 0 Å². The van der Waals surface area contributed by atoms with Gasteiger partial charge in [0.2, 0.25) is 0 Å². The fourth-order valence-corrected chi connectivity index (χ4v) is 32.6. The predicted molar refractivity (Wildman–Crippen MR) is 117 cm³/mol. The molecule has 0 aromatic heterocycles. The van der Waals surface area contributed by atoms with Gasteiger partial charge in [0, 0.05) is 0 Å². The molecule has 0 amide bonds. The molecule has 0 heterocycles. The summed E-state index contributed by atoms with van der Waals surface area (Å²) < 4.78 is 3.00. The van der Waals surface area contributed by atoms with Crippen molar-refractivity contribution in [3.63, 3.8) is 0 Å². The molecule has 3 aromatic carbocycles. The van der Waals surface area contributed by atoms with Gasteiger partial charge < -0.3 is 0 Å². The van der Waals surface area contributed by atoms with E-state index in [1.54, 1.807) is 14.4 Å². The van der Waals surface area contributed by atoms with Crippen LogP contribution in [0, 0.1) is 0 Å². The number of hydrogen-bond acceptors (Lipinski definition) is 0. The molecule has 2 atom stereocenters. The van der Waals surface area contributed by atoms with Crippen LogP contribution in [-0.4, -0.2) is 6.65 Å². The molecule has 0 saturated carbocycles. The molecule has 0 N–H and O–H groups in total. The van der Waals surface area contributed by atoms with Crippen LogP contribution in [0.5, 0.6) is 0 Å². The summed E-state index contributed by atoms with van der Waals surface area (Å²) in [4.78, 5) is 0. The third-order valence-electron chi connectivity index (χ3n) is 6.60. The van der Waals surface area contributed by atoms with Gasteiger partial charge >= 0.3 is 169 Å². The zero-order valence-electron chi connectivity index (χ0n) is 15.7. The summed E-state index contributed by atoms with van der Waals surface area (Å²) in [5.74, 6) is 0. The van der Waals surface area contributed by atoms with E-state index >= 15 is 0 Å². The van der Waals surface area contributed by atoms with Crippen LogP contribution >= 0.6 is 0 Å². The Hall–Kier alpha value is -1.76. The van der Waals surface area contributed by atoms with E-state index in [1.165, 1.54) is 11.1 Å². The van der Waals surface area contributed by atoms with Crippen LogP contribution in [0.15, 0.2) is 91.0 Å². The van der Waals surface area contributed by atoms with Crippen molar-refractivity contribution in [1.29, 1.82) is 0 Å². The van der Waals surface area contributed by atoms with Gasteiger partial charge in [-0.2, -0.15) is 0 Å². The maximum absolute atomic E-state index is 2.82. The van der Waals surface area contributed by atoms with Crippen LogP contribution in [0.3, 0.4) is 0 Å². The predicted octanol–water partition coefficient (Wildman–Crippen LogP) is 5.13. The average molecular weight is 444 g/mol. The van der Waals surface area contributed by atoms with Crippen LogP contribution < -0.4 is 3.27 Å². The van der Waals surface area contributed by atoms with E-state index in [2.05, 4.69) is 110 Å². The van der Waals surface area contributed by atoms with Crippen LogP contribution in [-0.2, 0) is 19.4 Å². The van der Waals surface area contributed by atoms with Gasteiger partial charge in [0.05, 0.1) is 0 Å². The van der Waals surface area contributed by atoms with Crippen LogP contribution in [0.4, 0.5) is 0 Å². The Balaban J connectivity index is 1.75. The third kappa shape index (κ3) is 2.65. The first kappa shape index (κ1) is 17.3. The van der Waals surface area contributed by atoms with Gasteiger partial charge in [-0.1, -0.05) is 0 Å². The van der Waals surface area contributed by atoms with Gasteiger partial charge in [-0.3, -0.25) is 0 Å². The molecule has 0 spiro atoms. The number of benzene rings is 3. The van der Waals surface area contributed by atoms with Crippen molar-refractivity contribution in [2.45, 2.75) is 13.8 Å². The molecular formula is C25H24SiZr. The van der Waals surface area contributed by atoms with Crippen molar-refractivity contribution in [2.24, 2.45) is 0 Å². The first-order valence-corrected chi connectivity index (χ1v) is 21.3. The summed E-state index contributed by atoms with van der Waals surface area (Å²) in [6.45, 7) is 2.38. The van der Waals surface area contributed by atoms with Gasteiger partial charge in [-0.15, -0.1) is 0 Å². The molecule has 2 unspecified atom stereocenters. The van der Waals surface area contributed by atoms with E-state index in [0.29, 0.717) is 7.25 Å². The van der Waals surface area contributed by atoms with Gasteiger partial charge in [0.15, 0.2) is 0 Å². The molecule has 0 bridgehead atoms. The fraction of sp³-hybridized carbons (Fsp3) is 0.120. The Labute approximate surface area is 167 Å². The molecule has 0 nitrogen and oxygen atoms in total. The van der Waals surface area contributed by atoms with Crippen molar-refractivity contribution >= 4 is 22.1 Å². The molecule has 27 heavy (non-hydrogen) atoms. The van der Waals surface area contributed by atoms with Gasteiger partial charge in [-0.05, 0) is 0 Å². The monoisotopic (exact) mass is 442 g/mol. The van der Waals surface area contributed by atoms with Crippen LogP contribution in [0.2, 0.25) is 6.55 Å². The molecular weight excluding hydrogens is 420 g/mol. The molecule has 2 aliphatic carbocycles. The molecule has 0 radical (unpaired) electrons. The zero-order chi connectivity index (χ0) is 18.3. The summed E-state index contributed by atoms with van der Waals surface area (Å²) in [7, 11) is 0. The summed E-state index contributed by atoms with van der Waals surface area (Å²) in [6.07, 6.45) is 9.92. The first-order valence-electron chi connectivity index (χ1n) is 9.94. The number of allylic oxidation sites excluding steroid dienone is 2. The minimum atomic E-state index is -2.82. The molecule has 0 fully saturated rings. The van der Waals surface area contributed by atoms with Crippen molar-refractivity contribution in [2.75, 3.05) is 0 Å². The fourth-order valence-electron chi connectivity index (χ4n) is 5.34. The van der Waals surface area contributed by atoms with E-state index in [-0.39, 0.29) is 6.65 Å². The molecule has 132 valence electrons. The Morgan fingerprint density at radius 2 is 1.11 bits per heavy atom. The SMILES string of the molecule is C[SiH2][Zr]([c]1ccccc1)([CH]1C=Cc2ccccc21)[CH]1C=Cc2ccccc21. The molecule has 5 rings (SSSR count). The summed E-state index contributed by atoms with van der Waals surface area (Å²) in [5.41, 5.74) is 6.06. The van der Waals surface area contributed by atoms with E-state index in [0.717, 1.165) is 0 Å². The Bertz CT molecular complexity index is 973. The Kier molecular flexibility index (Phi) is 4.50. The molecule has 3 aromatic rings. The quantitative estimate of drug-likeness (QED) is 0.490. The van der Waals surface area contributed by atoms with Gasteiger partial charge in [-0.25, -0.2) is 0 Å². The Morgan fingerprint density at radius 1 is 0.630 bits per heavy atom. The average Bonchev–Trinajstić information content (AvgIpc) is 3.36.